The quantitative estimate of drug-likeness (QED) is 0.132. The Hall–Kier alpha value is -2.02. The summed E-state index contributed by atoms with van der Waals surface area (Å²) < 4.78 is 227. The van der Waals surface area contributed by atoms with Crippen LogP contribution in [0, 0.1) is 0 Å². The zero-order valence-electron chi connectivity index (χ0n) is 17.8. The predicted molar refractivity (Wildman–Crippen MR) is 86.7 cm³/mol. The van der Waals surface area contributed by atoms with Crippen LogP contribution in [0.25, 0.3) is 0 Å². The van der Waals surface area contributed by atoms with Gasteiger partial charge in [-0.3, -0.25) is 0 Å². The van der Waals surface area contributed by atoms with Crippen LogP contribution in [-0.4, -0.2) is 71.9 Å². The van der Waals surface area contributed by atoms with Gasteiger partial charge in [0.1, 0.15) is 0 Å². The molecule has 1 N–H and O–H groups in total. The highest BCUT2D eigenvalue weighted by Gasteiger charge is 2.95. The molecule has 0 aliphatic rings. The van der Waals surface area contributed by atoms with E-state index in [1.165, 1.54) is 0 Å². The Morgan fingerprint density at radius 3 is 1.41 bits per heavy atom. The van der Waals surface area contributed by atoms with Gasteiger partial charge in [-0.2, -0.15) is 74.6 Å². The van der Waals surface area contributed by atoms with Crippen molar-refractivity contribution >= 4 is 5.97 Å². The summed E-state index contributed by atoms with van der Waals surface area (Å²) in [6, 6.07) is 0. The highest BCUT2D eigenvalue weighted by atomic mass is 19.4. The summed E-state index contributed by atoms with van der Waals surface area (Å²) >= 11 is 0. The number of unbranched alkanes of at least 4 members (excludes halogenated alkanes) is 1. The van der Waals surface area contributed by atoms with Gasteiger partial charge in [-0.15, -0.1) is 0 Å². The van der Waals surface area contributed by atoms with Crippen molar-refractivity contribution in [1.29, 1.82) is 0 Å². The molecule has 0 radical (unpaired) electrons. The van der Waals surface area contributed by atoms with E-state index in [1.54, 1.807) is 0 Å². The lowest BCUT2D eigenvalue weighted by Crippen LogP contribution is -2.74. The lowest BCUT2D eigenvalue weighted by Gasteiger charge is -2.42. The first-order chi connectivity index (χ1) is 16.1. The molecule has 0 aromatic carbocycles. The van der Waals surface area contributed by atoms with Gasteiger partial charge in [-0.1, -0.05) is 6.08 Å². The van der Waals surface area contributed by atoms with Gasteiger partial charge in [0, 0.05) is 18.6 Å². The fourth-order valence-electron chi connectivity index (χ4n) is 2.25. The number of hydrogen-bond acceptors (Lipinski definition) is 2. The molecule has 0 saturated carbocycles. The molecule has 0 bridgehead atoms. The third-order valence-corrected chi connectivity index (χ3v) is 4.63. The van der Waals surface area contributed by atoms with Crippen molar-refractivity contribution in [3.63, 3.8) is 0 Å². The Morgan fingerprint density at radius 2 is 1.03 bits per heavy atom. The second kappa shape index (κ2) is 10.6. The first-order valence-corrected chi connectivity index (χ1v) is 9.27. The van der Waals surface area contributed by atoms with Gasteiger partial charge in [0.15, 0.2) is 0 Å². The van der Waals surface area contributed by atoms with Gasteiger partial charge < -0.3 is 9.84 Å². The highest BCUT2D eigenvalue weighted by molar-refractivity contribution is 5.85. The van der Waals surface area contributed by atoms with Gasteiger partial charge in [0.2, 0.25) is 0 Å². The number of aliphatic carboxylic acids is 1. The van der Waals surface area contributed by atoms with E-state index in [-0.39, 0.29) is 18.4 Å². The molecule has 0 aliphatic heterocycles. The van der Waals surface area contributed by atoms with Crippen LogP contribution in [-0.2, 0) is 9.53 Å². The fraction of sp³-hybridized carbons (Fsp3) is 0.824. The van der Waals surface area contributed by atoms with E-state index in [0.717, 1.165) is 13.0 Å². The molecular formula is C17H15F17O3. The molecule has 0 rings (SSSR count). The average Bonchev–Trinajstić information content (AvgIpc) is 2.70. The van der Waals surface area contributed by atoms with Crippen molar-refractivity contribution in [1.82, 2.24) is 0 Å². The monoisotopic (exact) mass is 590 g/mol. The number of carboxylic acids is 1. The zero-order valence-corrected chi connectivity index (χ0v) is 17.8. The Labute approximate surface area is 195 Å². The number of carboxylic acid groups (broad SMARTS) is 1. The van der Waals surface area contributed by atoms with Crippen LogP contribution in [0.1, 0.15) is 26.2 Å². The normalized spacial score (nSPS) is 15.8. The van der Waals surface area contributed by atoms with Crippen LogP contribution < -0.4 is 0 Å². The van der Waals surface area contributed by atoms with E-state index < -0.39 is 73.2 Å². The van der Waals surface area contributed by atoms with Gasteiger partial charge in [0.25, 0.3) is 0 Å². The summed E-state index contributed by atoms with van der Waals surface area (Å²) in [5.74, 6) is -57.9. The van der Waals surface area contributed by atoms with Gasteiger partial charge >= 0.3 is 53.6 Å². The second-order valence-electron chi connectivity index (χ2n) is 7.35. The fourth-order valence-corrected chi connectivity index (χ4v) is 2.25. The molecule has 0 fully saturated rings. The minimum absolute atomic E-state index is 0.110. The maximum atomic E-state index is 13.6. The SMILES string of the molecule is CC(=CCCCOCCC(F)(F)C(F)(F)C(F)(F)C(F)(F)C(F)(F)C(F)(F)C(F)(F)C(F)(F)F)C(=O)O. The topological polar surface area (TPSA) is 46.5 Å². The van der Waals surface area contributed by atoms with Crippen LogP contribution in [0.5, 0.6) is 0 Å². The van der Waals surface area contributed by atoms with Gasteiger partial charge in [-0.25, -0.2) is 4.79 Å². The van der Waals surface area contributed by atoms with E-state index in [1.807, 2.05) is 0 Å². The zero-order chi connectivity index (χ0) is 30.1. The summed E-state index contributed by atoms with van der Waals surface area (Å²) in [6.07, 6.45) is -9.70. The molecule has 20 heteroatoms. The number of halogens is 17. The van der Waals surface area contributed by atoms with Gasteiger partial charge in [-0.05, 0) is 19.8 Å². The standard InChI is InChI=1S/C17H15F17O3/c1-8(9(35)36)4-2-3-6-37-7-5-10(18,19)11(20,21)12(22,23)13(24,25)14(26,27)15(28,29)16(30,31)17(32,33)34/h4H,2-3,5-7H2,1H3,(H,35,36). The lowest BCUT2D eigenvalue weighted by atomic mass is 9.88. The largest absolute Gasteiger partial charge is 0.478 e. The molecule has 0 saturated heterocycles. The van der Waals surface area contributed by atoms with Crippen molar-refractivity contribution in [2.75, 3.05) is 13.2 Å². The maximum Gasteiger partial charge on any atom is 0.460 e. The summed E-state index contributed by atoms with van der Waals surface area (Å²) in [5.41, 5.74) is -0.190. The first kappa shape index (κ1) is 35.0. The molecule has 0 heterocycles. The Bertz CT molecular complexity index is 829. The second-order valence-corrected chi connectivity index (χ2v) is 7.35. The van der Waals surface area contributed by atoms with E-state index >= 15 is 0 Å². The van der Waals surface area contributed by atoms with Crippen molar-refractivity contribution < 1.29 is 89.3 Å². The number of rotatable bonds is 14. The highest BCUT2D eigenvalue weighted by Crippen LogP contribution is 2.64. The molecule has 0 aromatic heterocycles. The molecule has 220 valence electrons. The van der Waals surface area contributed by atoms with Crippen LogP contribution in [0.15, 0.2) is 11.6 Å². The lowest BCUT2D eigenvalue weighted by molar-refractivity contribution is -0.462. The van der Waals surface area contributed by atoms with E-state index in [2.05, 4.69) is 4.74 Å². The molecule has 3 nitrogen and oxygen atoms in total. The van der Waals surface area contributed by atoms with Crippen molar-refractivity contribution in [3.8, 4) is 0 Å². The van der Waals surface area contributed by atoms with Gasteiger partial charge in [0.05, 0.1) is 6.61 Å². The minimum atomic E-state index is -8.65. The molecule has 0 spiro atoms. The Kier molecular flexibility index (Phi) is 10.0. The van der Waals surface area contributed by atoms with Crippen LogP contribution in [0.2, 0.25) is 0 Å². The number of ether oxygens (including phenoxy) is 1. The Balaban J connectivity index is 5.81. The summed E-state index contributed by atoms with van der Waals surface area (Å²) in [6.45, 7) is -1.22. The van der Waals surface area contributed by atoms with Crippen LogP contribution >= 0.6 is 0 Å². The molecular weight excluding hydrogens is 575 g/mol. The number of carbonyl (C=O) groups is 1. The van der Waals surface area contributed by atoms with E-state index in [0.29, 0.717) is 0 Å². The van der Waals surface area contributed by atoms with Crippen LogP contribution in [0.4, 0.5) is 74.6 Å². The van der Waals surface area contributed by atoms with E-state index in [9.17, 15) is 79.4 Å². The third kappa shape index (κ3) is 6.02. The summed E-state index contributed by atoms with van der Waals surface area (Å²) in [5, 5.41) is 8.54. The molecule has 37 heavy (non-hydrogen) atoms. The molecule has 0 aromatic rings. The third-order valence-electron chi connectivity index (χ3n) is 4.63. The minimum Gasteiger partial charge on any atom is -0.478 e. The molecule has 0 unspecified atom stereocenters. The number of hydrogen-bond donors (Lipinski definition) is 1. The van der Waals surface area contributed by atoms with Crippen molar-refractivity contribution in [2.45, 2.75) is 73.8 Å². The van der Waals surface area contributed by atoms with E-state index in [4.69, 9.17) is 5.11 Å². The first-order valence-electron chi connectivity index (χ1n) is 9.27. The maximum absolute atomic E-state index is 13.6. The predicted octanol–water partition coefficient (Wildman–Crippen LogP) is 7.21. The molecule has 0 atom stereocenters. The van der Waals surface area contributed by atoms with Crippen molar-refractivity contribution in [3.05, 3.63) is 11.6 Å². The average molecular weight is 590 g/mol. The van der Waals surface area contributed by atoms with Crippen LogP contribution in [0.3, 0.4) is 0 Å². The van der Waals surface area contributed by atoms with Crippen molar-refractivity contribution in [2.24, 2.45) is 0 Å². The number of alkyl halides is 17. The summed E-state index contributed by atoms with van der Waals surface area (Å²) in [4.78, 5) is 10.5. The molecule has 0 amide bonds. The Morgan fingerprint density at radius 1 is 0.649 bits per heavy atom. The number of allylic oxidation sites excluding steroid dienone is 1. The molecule has 0 aliphatic carbocycles. The summed E-state index contributed by atoms with van der Waals surface area (Å²) in [7, 11) is 0. The smallest absolute Gasteiger partial charge is 0.460 e.